The van der Waals surface area contributed by atoms with Gasteiger partial charge in [-0.3, -0.25) is 4.79 Å². The maximum Gasteiger partial charge on any atom is 0.231 e. The monoisotopic (exact) mass is 425 g/mol. The molecule has 0 amide bonds. The van der Waals surface area contributed by atoms with Gasteiger partial charge < -0.3 is 18.8 Å². The Kier molecular flexibility index (Phi) is 4.94. The van der Waals surface area contributed by atoms with Crippen LogP contribution in [0.25, 0.3) is 17.0 Å². The van der Waals surface area contributed by atoms with E-state index in [-0.39, 0.29) is 5.78 Å². The Bertz CT molecular complexity index is 1380. The van der Waals surface area contributed by atoms with E-state index in [0.29, 0.717) is 29.4 Å². The van der Waals surface area contributed by atoms with Gasteiger partial charge >= 0.3 is 0 Å². The molecule has 0 bridgehead atoms. The van der Waals surface area contributed by atoms with E-state index in [9.17, 15) is 4.79 Å². The third-order valence-electron chi connectivity index (χ3n) is 5.83. The molecule has 0 atom stereocenters. The number of rotatable bonds is 5. The Morgan fingerprint density at radius 2 is 1.78 bits per heavy atom. The Labute approximate surface area is 186 Å². The number of methoxy groups -OCH3 is 1. The molecule has 32 heavy (non-hydrogen) atoms. The van der Waals surface area contributed by atoms with Crippen LogP contribution < -0.4 is 14.2 Å². The van der Waals surface area contributed by atoms with Crippen LogP contribution in [0.2, 0.25) is 0 Å². The van der Waals surface area contributed by atoms with E-state index >= 15 is 0 Å². The summed E-state index contributed by atoms with van der Waals surface area (Å²) < 4.78 is 19.5. The zero-order valence-corrected chi connectivity index (χ0v) is 18.2. The first-order valence-electron chi connectivity index (χ1n) is 10.4. The third kappa shape index (κ3) is 3.32. The molecular formula is C27H23NO4. The first-order valence-corrected chi connectivity index (χ1v) is 10.4. The van der Waals surface area contributed by atoms with Gasteiger partial charge in [0, 0.05) is 40.8 Å². The van der Waals surface area contributed by atoms with Crippen LogP contribution in [0.1, 0.15) is 27.0 Å². The van der Waals surface area contributed by atoms with Crippen molar-refractivity contribution in [3.05, 3.63) is 94.9 Å². The summed E-state index contributed by atoms with van der Waals surface area (Å²) in [5.74, 6) is 2.21. The zero-order valence-electron chi connectivity index (χ0n) is 18.2. The summed E-state index contributed by atoms with van der Waals surface area (Å²) >= 11 is 0. The van der Waals surface area contributed by atoms with Gasteiger partial charge in [-0.15, -0.1) is 0 Å². The molecule has 0 saturated carbocycles. The van der Waals surface area contributed by atoms with Crippen LogP contribution in [0, 0.1) is 6.92 Å². The molecule has 0 N–H and O–H groups in total. The number of benzene rings is 3. The van der Waals surface area contributed by atoms with Crippen LogP contribution in [-0.4, -0.2) is 17.5 Å². The molecule has 5 heteroatoms. The Morgan fingerprint density at radius 1 is 1.00 bits per heavy atom. The van der Waals surface area contributed by atoms with Gasteiger partial charge in [0.05, 0.1) is 12.7 Å². The molecule has 0 aliphatic carbocycles. The smallest absolute Gasteiger partial charge is 0.231 e. The molecule has 1 aliphatic rings. The van der Waals surface area contributed by atoms with Crippen LogP contribution in [0.5, 0.6) is 17.2 Å². The SMILES string of the molecule is COc1ccccc1COc1ccc2c(c1C)OC(=Cc1cn(C)c3ccccc13)C2=O. The van der Waals surface area contributed by atoms with E-state index in [2.05, 4.69) is 6.07 Å². The summed E-state index contributed by atoms with van der Waals surface area (Å²) in [6, 6.07) is 19.4. The highest BCUT2D eigenvalue weighted by Gasteiger charge is 2.30. The molecule has 2 heterocycles. The Morgan fingerprint density at radius 3 is 2.62 bits per heavy atom. The highest BCUT2D eigenvalue weighted by atomic mass is 16.5. The first-order chi connectivity index (χ1) is 15.6. The van der Waals surface area contributed by atoms with E-state index < -0.39 is 0 Å². The first kappa shape index (κ1) is 19.9. The van der Waals surface area contributed by atoms with Gasteiger partial charge in [0.1, 0.15) is 23.9 Å². The minimum atomic E-state index is -0.118. The number of hydrogen-bond donors (Lipinski definition) is 0. The highest BCUT2D eigenvalue weighted by Crippen LogP contribution is 2.40. The van der Waals surface area contributed by atoms with E-state index in [0.717, 1.165) is 33.3 Å². The van der Waals surface area contributed by atoms with Crippen molar-refractivity contribution >= 4 is 22.8 Å². The molecule has 1 aliphatic heterocycles. The fraction of sp³-hybridized carbons (Fsp3) is 0.148. The third-order valence-corrected chi connectivity index (χ3v) is 5.83. The Balaban J connectivity index is 1.43. The number of allylic oxidation sites excluding steroid dienone is 1. The quantitative estimate of drug-likeness (QED) is 0.386. The standard InChI is InChI=1S/C27H23NO4/c1-17-23(31-16-18-8-4-7-11-24(18)30-3)13-12-21-26(29)25(32-27(17)21)14-19-15-28(2)22-10-6-5-9-20(19)22/h4-15H,16H2,1-3H3. The lowest BCUT2D eigenvalue weighted by molar-refractivity contribution is 0.101. The number of carbonyl (C=O) groups is 1. The topological polar surface area (TPSA) is 49.7 Å². The molecule has 160 valence electrons. The van der Waals surface area contributed by atoms with Crippen LogP contribution in [-0.2, 0) is 13.7 Å². The molecule has 3 aromatic carbocycles. The van der Waals surface area contributed by atoms with Gasteiger partial charge in [-0.05, 0) is 37.3 Å². The summed E-state index contributed by atoms with van der Waals surface area (Å²) in [5, 5.41) is 1.08. The van der Waals surface area contributed by atoms with E-state index in [4.69, 9.17) is 14.2 Å². The molecule has 0 fully saturated rings. The number of ether oxygens (including phenoxy) is 3. The van der Waals surface area contributed by atoms with Gasteiger partial charge in [0.2, 0.25) is 5.78 Å². The lowest BCUT2D eigenvalue weighted by Crippen LogP contribution is -2.00. The van der Waals surface area contributed by atoms with Crippen molar-refractivity contribution in [2.75, 3.05) is 7.11 Å². The maximum absolute atomic E-state index is 13.0. The van der Waals surface area contributed by atoms with Crippen LogP contribution in [0.15, 0.2) is 72.6 Å². The number of aryl methyl sites for hydroxylation is 1. The van der Waals surface area contributed by atoms with Crippen molar-refractivity contribution in [1.29, 1.82) is 0 Å². The predicted molar refractivity (Wildman–Crippen MR) is 124 cm³/mol. The van der Waals surface area contributed by atoms with Crippen molar-refractivity contribution in [3.63, 3.8) is 0 Å². The van der Waals surface area contributed by atoms with Crippen molar-refractivity contribution in [3.8, 4) is 17.2 Å². The van der Waals surface area contributed by atoms with Crippen molar-refractivity contribution in [1.82, 2.24) is 4.57 Å². The molecule has 0 spiro atoms. The van der Waals surface area contributed by atoms with E-state index in [1.807, 2.05) is 79.3 Å². The second-order valence-corrected chi connectivity index (χ2v) is 7.82. The second kappa shape index (κ2) is 7.93. The van der Waals surface area contributed by atoms with Crippen LogP contribution in [0.3, 0.4) is 0 Å². The lowest BCUT2D eigenvalue weighted by Gasteiger charge is -2.13. The van der Waals surface area contributed by atoms with Crippen LogP contribution in [0.4, 0.5) is 0 Å². The molecule has 1 aromatic heterocycles. The van der Waals surface area contributed by atoms with Gasteiger partial charge in [-0.25, -0.2) is 0 Å². The number of nitrogens with zero attached hydrogens (tertiary/aromatic N) is 1. The predicted octanol–water partition coefficient (Wildman–Crippen LogP) is 5.69. The van der Waals surface area contributed by atoms with Crippen LogP contribution >= 0.6 is 0 Å². The normalized spacial score (nSPS) is 14.0. The van der Waals surface area contributed by atoms with Crippen molar-refractivity contribution in [2.45, 2.75) is 13.5 Å². The summed E-state index contributed by atoms with van der Waals surface area (Å²) in [6.45, 7) is 2.26. The fourth-order valence-corrected chi connectivity index (χ4v) is 4.13. The van der Waals surface area contributed by atoms with Gasteiger partial charge in [0.25, 0.3) is 0 Å². The molecule has 0 saturated heterocycles. The average Bonchev–Trinajstić information content (AvgIpc) is 3.31. The lowest BCUT2D eigenvalue weighted by atomic mass is 10.1. The summed E-state index contributed by atoms with van der Waals surface area (Å²) in [7, 11) is 3.63. The number of ketones is 1. The molecule has 0 radical (unpaired) electrons. The summed E-state index contributed by atoms with van der Waals surface area (Å²) in [6.07, 6.45) is 3.82. The number of carbonyl (C=O) groups excluding carboxylic acids is 1. The second-order valence-electron chi connectivity index (χ2n) is 7.82. The van der Waals surface area contributed by atoms with Crippen molar-refractivity contribution < 1.29 is 19.0 Å². The zero-order chi connectivity index (χ0) is 22.2. The number of hydrogen-bond acceptors (Lipinski definition) is 4. The maximum atomic E-state index is 13.0. The number of aromatic nitrogens is 1. The van der Waals surface area contributed by atoms with Gasteiger partial charge in [0.15, 0.2) is 5.76 Å². The number of para-hydroxylation sites is 2. The van der Waals surface area contributed by atoms with E-state index in [1.165, 1.54) is 0 Å². The highest BCUT2D eigenvalue weighted by molar-refractivity contribution is 6.15. The molecular weight excluding hydrogens is 402 g/mol. The van der Waals surface area contributed by atoms with Gasteiger partial charge in [-0.2, -0.15) is 0 Å². The minimum absolute atomic E-state index is 0.118. The largest absolute Gasteiger partial charge is 0.496 e. The summed E-state index contributed by atoms with van der Waals surface area (Å²) in [5.41, 5.74) is 4.35. The molecule has 5 rings (SSSR count). The van der Waals surface area contributed by atoms with E-state index in [1.54, 1.807) is 13.2 Å². The minimum Gasteiger partial charge on any atom is -0.496 e. The Hall–Kier alpha value is -3.99. The fourth-order valence-electron chi connectivity index (χ4n) is 4.13. The molecule has 0 unspecified atom stereocenters. The van der Waals surface area contributed by atoms with Crippen molar-refractivity contribution in [2.24, 2.45) is 7.05 Å². The number of fused-ring (bicyclic) bond motifs is 2. The van der Waals surface area contributed by atoms with Gasteiger partial charge in [-0.1, -0.05) is 36.4 Å². The molecule has 4 aromatic rings. The average molecular weight is 425 g/mol. The molecule has 5 nitrogen and oxygen atoms in total. The number of Topliss-reactive ketones (excluding diaryl/α,β-unsaturated/α-hetero) is 1. The summed E-state index contributed by atoms with van der Waals surface area (Å²) in [4.78, 5) is 13.0.